The summed E-state index contributed by atoms with van der Waals surface area (Å²) in [5, 5.41) is 19.3. The minimum absolute atomic E-state index is 0.00584. The van der Waals surface area contributed by atoms with Crippen molar-refractivity contribution < 1.29 is 28.6 Å². The zero-order valence-electron chi connectivity index (χ0n) is 22.7. The van der Waals surface area contributed by atoms with E-state index in [4.69, 9.17) is 9.47 Å². The highest BCUT2D eigenvalue weighted by molar-refractivity contribution is 6.42. The fourth-order valence-electron chi connectivity index (χ4n) is 5.52. The smallest absolute Gasteiger partial charge is 0.292 e. The number of halogens is 1. The maximum atomic E-state index is 14.7. The average Bonchev–Trinajstić information content (AvgIpc) is 3.65. The number of aliphatic hydroxyl groups excluding tert-OH is 1. The van der Waals surface area contributed by atoms with Gasteiger partial charge in [0.15, 0.2) is 17.3 Å². The Bertz CT molecular complexity index is 1600. The predicted molar refractivity (Wildman–Crippen MR) is 150 cm³/mol. The molecule has 9 nitrogen and oxygen atoms in total. The summed E-state index contributed by atoms with van der Waals surface area (Å²) in [7, 11) is 1.89. The topological polar surface area (TPSA) is 106 Å². The second-order valence-corrected chi connectivity index (χ2v) is 10.5. The lowest BCUT2D eigenvalue weighted by Crippen LogP contribution is -2.48. The van der Waals surface area contributed by atoms with E-state index in [-0.39, 0.29) is 35.8 Å². The lowest BCUT2D eigenvalue weighted by Gasteiger charge is -2.29. The van der Waals surface area contributed by atoms with Gasteiger partial charge in [0.05, 0.1) is 17.8 Å². The third-order valence-electron chi connectivity index (χ3n) is 7.74. The van der Waals surface area contributed by atoms with Gasteiger partial charge in [-0.25, -0.2) is 4.39 Å². The Balaban J connectivity index is 1.19. The number of carbonyl (C=O) groups is 2. The molecule has 4 aromatic rings. The van der Waals surface area contributed by atoms with E-state index >= 15 is 0 Å². The van der Waals surface area contributed by atoms with E-state index in [9.17, 15) is 19.1 Å². The predicted octanol–water partition coefficient (Wildman–Crippen LogP) is 3.65. The van der Waals surface area contributed by atoms with E-state index < -0.39 is 29.7 Å². The van der Waals surface area contributed by atoms with E-state index in [0.717, 1.165) is 48.0 Å². The normalized spacial score (nSPS) is 16.5. The highest BCUT2D eigenvalue weighted by atomic mass is 19.1. The second-order valence-electron chi connectivity index (χ2n) is 10.5. The van der Waals surface area contributed by atoms with Crippen LogP contribution in [-0.2, 0) is 11.8 Å². The van der Waals surface area contributed by atoms with Crippen LogP contribution in [0.2, 0.25) is 0 Å². The van der Waals surface area contributed by atoms with Crippen molar-refractivity contribution in [2.75, 3.05) is 32.8 Å². The number of hydrogen-bond donors (Lipinski definition) is 2. The van der Waals surface area contributed by atoms with Crippen LogP contribution in [0.25, 0.3) is 22.0 Å². The standard InChI is InChI=1S/C31H31FN4O5/c1-35-26-9-8-21(14-23(26)17-33-35)19-4-6-20(7-5-19)29(38)31(39)34-25(18-36-10-2-3-11-36)28(37)22-15-24(32)30-27(16-22)40-12-13-41-30/h4-9,14-17,25,28,37H,2-3,10-13,18H2,1H3,(H,34,39)/t25-,28-/m1/s1. The molecule has 2 aliphatic heterocycles. The van der Waals surface area contributed by atoms with E-state index in [2.05, 4.69) is 15.3 Å². The first kappa shape index (κ1) is 26.9. The van der Waals surface area contributed by atoms with E-state index in [1.807, 2.05) is 25.2 Å². The number of hydrogen-bond acceptors (Lipinski definition) is 7. The van der Waals surface area contributed by atoms with Gasteiger partial charge in [-0.1, -0.05) is 30.3 Å². The van der Waals surface area contributed by atoms with Gasteiger partial charge >= 0.3 is 0 Å². The highest BCUT2D eigenvalue weighted by Crippen LogP contribution is 2.36. The number of carbonyl (C=O) groups excluding carboxylic acids is 2. The molecular weight excluding hydrogens is 527 g/mol. The number of ether oxygens (including phenoxy) is 2. The molecule has 3 heterocycles. The number of aromatic nitrogens is 2. The molecule has 2 atom stereocenters. The van der Waals surface area contributed by atoms with Gasteiger partial charge in [-0.15, -0.1) is 0 Å². The Morgan fingerprint density at radius 3 is 2.54 bits per heavy atom. The van der Waals surface area contributed by atoms with E-state index in [0.29, 0.717) is 6.54 Å². The van der Waals surface area contributed by atoms with Crippen LogP contribution in [0.4, 0.5) is 4.39 Å². The Kier molecular flexibility index (Phi) is 7.42. The van der Waals surface area contributed by atoms with Gasteiger partial charge < -0.3 is 24.8 Å². The number of Topliss-reactive ketones (excluding diaryl/α,β-unsaturated/α-hetero) is 1. The van der Waals surface area contributed by atoms with E-state index in [1.54, 1.807) is 35.1 Å². The average molecular weight is 559 g/mol. The van der Waals surface area contributed by atoms with E-state index in [1.165, 1.54) is 12.1 Å². The summed E-state index contributed by atoms with van der Waals surface area (Å²) in [4.78, 5) is 28.4. The molecule has 10 heteroatoms. The number of amides is 1. The maximum Gasteiger partial charge on any atom is 0.292 e. The first-order valence-electron chi connectivity index (χ1n) is 13.7. The number of aryl methyl sites for hydroxylation is 1. The molecule has 3 aromatic carbocycles. The third kappa shape index (κ3) is 5.53. The lowest BCUT2D eigenvalue weighted by atomic mass is 9.99. The number of nitrogens with one attached hydrogen (secondary N) is 1. The minimum atomic E-state index is -1.28. The third-order valence-corrected chi connectivity index (χ3v) is 7.74. The number of likely N-dealkylation sites (tertiary alicyclic amines) is 1. The van der Waals surface area contributed by atoms with Crippen LogP contribution in [0.1, 0.15) is 34.9 Å². The monoisotopic (exact) mass is 558 g/mol. The van der Waals surface area contributed by atoms with Crippen molar-refractivity contribution >= 4 is 22.6 Å². The number of ketones is 1. The molecular formula is C31H31FN4O5. The lowest BCUT2D eigenvalue weighted by molar-refractivity contribution is -0.118. The molecule has 2 aliphatic rings. The Morgan fingerprint density at radius 2 is 1.76 bits per heavy atom. The molecule has 0 radical (unpaired) electrons. The summed E-state index contributed by atoms with van der Waals surface area (Å²) in [6.45, 7) is 2.45. The van der Waals surface area contributed by atoms with Crippen molar-refractivity contribution in [1.29, 1.82) is 0 Å². The van der Waals surface area contributed by atoms with Crippen LogP contribution < -0.4 is 14.8 Å². The molecule has 1 saturated heterocycles. The fraction of sp³-hybridized carbons (Fsp3) is 0.323. The summed E-state index contributed by atoms with van der Waals surface area (Å²) in [6.07, 6.45) is 2.54. The molecule has 0 saturated carbocycles. The molecule has 1 aromatic heterocycles. The first-order valence-corrected chi connectivity index (χ1v) is 13.7. The zero-order chi connectivity index (χ0) is 28.5. The molecule has 1 fully saturated rings. The number of fused-ring (bicyclic) bond motifs is 2. The summed E-state index contributed by atoms with van der Waals surface area (Å²) < 4.78 is 27.4. The van der Waals surface area contributed by atoms with Crippen molar-refractivity contribution in [2.24, 2.45) is 7.05 Å². The minimum Gasteiger partial charge on any atom is -0.486 e. The molecule has 0 unspecified atom stereocenters. The van der Waals surface area contributed by atoms with Crippen LogP contribution >= 0.6 is 0 Å². The van der Waals surface area contributed by atoms with Crippen molar-refractivity contribution in [3.63, 3.8) is 0 Å². The molecule has 212 valence electrons. The SMILES string of the molecule is Cn1ncc2cc(-c3ccc(C(=O)C(=O)N[C@H](CN4CCCC4)[C@H](O)c4cc(F)c5c(c4)OCCO5)cc3)ccc21. The summed E-state index contributed by atoms with van der Waals surface area (Å²) in [6, 6.07) is 14.7. The van der Waals surface area contributed by atoms with Gasteiger partial charge in [0, 0.05) is 24.5 Å². The number of nitrogens with zero attached hydrogens (tertiary/aromatic N) is 3. The van der Waals surface area contributed by atoms with Gasteiger partial charge in [-0.3, -0.25) is 14.3 Å². The van der Waals surface area contributed by atoms with Crippen LogP contribution in [-0.4, -0.2) is 70.4 Å². The largest absolute Gasteiger partial charge is 0.486 e. The summed E-state index contributed by atoms with van der Waals surface area (Å²) >= 11 is 0. The number of benzene rings is 3. The van der Waals surface area contributed by atoms with Gasteiger partial charge in [-0.2, -0.15) is 5.10 Å². The van der Waals surface area contributed by atoms with Crippen molar-refractivity contribution in [1.82, 2.24) is 20.0 Å². The highest BCUT2D eigenvalue weighted by Gasteiger charge is 2.31. The summed E-state index contributed by atoms with van der Waals surface area (Å²) in [5.41, 5.74) is 3.35. The van der Waals surface area contributed by atoms with Crippen LogP contribution in [0, 0.1) is 5.82 Å². The van der Waals surface area contributed by atoms with Gasteiger partial charge in [0.2, 0.25) is 5.78 Å². The van der Waals surface area contributed by atoms with Gasteiger partial charge in [0.1, 0.15) is 19.3 Å². The Morgan fingerprint density at radius 1 is 1.02 bits per heavy atom. The first-order chi connectivity index (χ1) is 19.9. The van der Waals surface area contributed by atoms with Crippen molar-refractivity contribution in [3.05, 3.63) is 77.7 Å². The van der Waals surface area contributed by atoms with Crippen LogP contribution in [0.15, 0.2) is 60.8 Å². The van der Waals surface area contributed by atoms with Crippen LogP contribution in [0.5, 0.6) is 11.5 Å². The fourth-order valence-corrected chi connectivity index (χ4v) is 5.52. The molecule has 41 heavy (non-hydrogen) atoms. The quantitative estimate of drug-likeness (QED) is 0.251. The van der Waals surface area contributed by atoms with Gasteiger partial charge in [-0.05, 0) is 66.9 Å². The van der Waals surface area contributed by atoms with Gasteiger partial charge in [0.25, 0.3) is 5.91 Å². The van der Waals surface area contributed by atoms with Crippen molar-refractivity contribution in [3.8, 4) is 22.6 Å². The zero-order valence-corrected chi connectivity index (χ0v) is 22.7. The van der Waals surface area contributed by atoms with Crippen molar-refractivity contribution in [2.45, 2.75) is 25.0 Å². The molecule has 0 spiro atoms. The number of rotatable bonds is 8. The molecule has 6 rings (SSSR count). The molecule has 0 aliphatic carbocycles. The molecule has 2 N–H and O–H groups in total. The van der Waals surface area contributed by atoms with Crippen LogP contribution in [0.3, 0.4) is 0 Å². The number of aliphatic hydroxyl groups is 1. The second kappa shape index (κ2) is 11.3. The molecule has 0 bridgehead atoms. The Hall–Kier alpha value is -4.28. The molecule has 1 amide bonds. The maximum absolute atomic E-state index is 14.7. The Labute approximate surface area is 236 Å². The summed E-state index contributed by atoms with van der Waals surface area (Å²) in [5.74, 6) is -2.00.